The van der Waals surface area contributed by atoms with Crippen molar-refractivity contribution in [2.45, 2.75) is 26.9 Å². The molecule has 17 heavy (non-hydrogen) atoms. The molecular formula is C9H20N2O5S. The molecular weight excluding hydrogens is 248 g/mol. The Bertz CT molecular complexity index is 293. The van der Waals surface area contributed by atoms with E-state index < -0.39 is 10.4 Å². The van der Waals surface area contributed by atoms with Gasteiger partial charge in [0.25, 0.3) is 0 Å². The summed E-state index contributed by atoms with van der Waals surface area (Å²) in [5.41, 5.74) is 0. The minimum absolute atomic E-state index is 0.0289. The summed E-state index contributed by atoms with van der Waals surface area (Å²) in [5, 5.41) is 10.5. The van der Waals surface area contributed by atoms with Crippen LogP contribution in [0.25, 0.3) is 0 Å². The second-order valence-corrected chi connectivity index (χ2v) is 4.03. The maximum Gasteiger partial charge on any atom is 0.397 e. The molecule has 1 aliphatic rings. The molecule has 0 saturated carbocycles. The third-order valence-electron chi connectivity index (χ3n) is 1.38. The molecule has 0 aliphatic carbocycles. The van der Waals surface area contributed by atoms with E-state index in [1.54, 1.807) is 6.07 Å². The molecule has 0 bridgehead atoms. The van der Waals surface area contributed by atoms with Crippen molar-refractivity contribution in [2.75, 3.05) is 26.3 Å². The Labute approximate surface area is 103 Å². The van der Waals surface area contributed by atoms with Gasteiger partial charge in [0, 0.05) is 20.0 Å². The van der Waals surface area contributed by atoms with Crippen LogP contribution in [0, 0.1) is 11.3 Å². The summed E-state index contributed by atoms with van der Waals surface area (Å²) in [4.78, 5) is 0. The van der Waals surface area contributed by atoms with Crippen LogP contribution in [0.4, 0.5) is 0 Å². The van der Waals surface area contributed by atoms with Gasteiger partial charge in [-0.3, -0.25) is 4.55 Å². The molecule has 2 N–H and O–H groups in total. The fourth-order valence-electron chi connectivity index (χ4n) is 0.845. The topological polar surface area (TPSA) is 109 Å². The molecule has 0 radical (unpaired) electrons. The van der Waals surface area contributed by atoms with Gasteiger partial charge in [0.05, 0.1) is 25.4 Å². The van der Waals surface area contributed by atoms with Crippen LogP contribution in [0.15, 0.2) is 0 Å². The molecule has 1 unspecified atom stereocenters. The van der Waals surface area contributed by atoms with Crippen molar-refractivity contribution in [3.63, 3.8) is 0 Å². The van der Waals surface area contributed by atoms with Gasteiger partial charge in [0.1, 0.15) is 0 Å². The molecule has 0 amide bonds. The van der Waals surface area contributed by atoms with Crippen LogP contribution in [0.3, 0.4) is 0 Å². The second kappa shape index (κ2) is 11.8. The molecule has 1 rings (SSSR count). The lowest BCUT2D eigenvalue weighted by Gasteiger charge is -2.18. The van der Waals surface area contributed by atoms with Gasteiger partial charge >= 0.3 is 10.4 Å². The molecule has 0 aromatic heterocycles. The van der Waals surface area contributed by atoms with E-state index in [4.69, 9.17) is 14.6 Å². The number of rotatable bonds is 2. The molecule has 1 aliphatic heterocycles. The van der Waals surface area contributed by atoms with E-state index >= 15 is 0 Å². The average molecular weight is 268 g/mol. The first kappa shape index (κ1) is 18.6. The maximum atomic E-state index is 9.56. The number of nitriles is 1. The van der Waals surface area contributed by atoms with Gasteiger partial charge in [-0.1, -0.05) is 0 Å². The Morgan fingerprint density at radius 3 is 2.29 bits per heavy atom. The fraction of sp³-hybridized carbons (Fsp3) is 0.889. The third kappa shape index (κ3) is 21.2. The lowest BCUT2D eigenvalue weighted by Crippen LogP contribution is -2.36. The van der Waals surface area contributed by atoms with Crippen molar-refractivity contribution < 1.29 is 21.9 Å². The minimum Gasteiger partial charge on any atom is -0.376 e. The lowest BCUT2D eigenvalue weighted by molar-refractivity contribution is 0.0410. The zero-order chi connectivity index (χ0) is 13.7. The van der Waals surface area contributed by atoms with Crippen LogP contribution in [0.5, 0.6) is 0 Å². The summed E-state index contributed by atoms with van der Waals surface area (Å²) in [6, 6.07) is 1.75. The SMILES string of the molecule is CC#N.CC1CNCCO1.CCOS(=O)(=O)O. The van der Waals surface area contributed by atoms with Gasteiger partial charge in [0.2, 0.25) is 0 Å². The van der Waals surface area contributed by atoms with Gasteiger partial charge in [-0.15, -0.1) is 0 Å². The monoisotopic (exact) mass is 268 g/mol. The van der Waals surface area contributed by atoms with E-state index in [1.165, 1.54) is 13.8 Å². The highest BCUT2D eigenvalue weighted by Gasteiger charge is 2.04. The fourth-order valence-corrected chi connectivity index (χ4v) is 1.14. The first-order valence-corrected chi connectivity index (χ1v) is 6.48. The Hall–Kier alpha value is -0.720. The highest BCUT2D eigenvalue weighted by atomic mass is 32.3. The normalized spacial score (nSPS) is 18.9. The standard InChI is InChI=1S/C5H11NO.C2H3N.C2H6O4S/c1-5-4-6-2-3-7-5;1-2-3;1-2-6-7(3,4)5/h5-6H,2-4H2,1H3;1H3;2H2,1H3,(H,3,4,5). The van der Waals surface area contributed by atoms with Crippen molar-refractivity contribution in [3.05, 3.63) is 0 Å². The Morgan fingerprint density at radius 2 is 2.18 bits per heavy atom. The molecule has 102 valence electrons. The zero-order valence-corrected chi connectivity index (χ0v) is 11.2. The van der Waals surface area contributed by atoms with Crippen LogP contribution < -0.4 is 5.32 Å². The molecule has 0 aromatic rings. The average Bonchev–Trinajstić information content (AvgIpc) is 2.19. The Kier molecular flexibility index (Phi) is 12.9. The van der Waals surface area contributed by atoms with E-state index in [2.05, 4.69) is 16.4 Å². The van der Waals surface area contributed by atoms with Gasteiger partial charge in [-0.05, 0) is 13.8 Å². The molecule has 1 heterocycles. The van der Waals surface area contributed by atoms with Crippen LogP contribution in [0.1, 0.15) is 20.8 Å². The number of nitrogens with zero attached hydrogens (tertiary/aromatic N) is 1. The summed E-state index contributed by atoms with van der Waals surface area (Å²) >= 11 is 0. The molecule has 7 nitrogen and oxygen atoms in total. The first-order chi connectivity index (χ1) is 7.87. The summed E-state index contributed by atoms with van der Waals surface area (Å²) < 4.78 is 35.9. The van der Waals surface area contributed by atoms with Crippen molar-refractivity contribution in [1.82, 2.24) is 5.32 Å². The Morgan fingerprint density at radius 1 is 1.65 bits per heavy atom. The van der Waals surface area contributed by atoms with Crippen molar-refractivity contribution >= 4 is 10.4 Å². The third-order valence-corrected chi connectivity index (χ3v) is 1.91. The van der Waals surface area contributed by atoms with E-state index in [0.717, 1.165) is 19.7 Å². The predicted molar refractivity (Wildman–Crippen MR) is 62.7 cm³/mol. The first-order valence-electron chi connectivity index (χ1n) is 5.12. The highest BCUT2D eigenvalue weighted by molar-refractivity contribution is 7.80. The Balaban J connectivity index is 0. The highest BCUT2D eigenvalue weighted by Crippen LogP contribution is 1.91. The van der Waals surface area contributed by atoms with Crippen molar-refractivity contribution in [1.29, 1.82) is 5.26 Å². The molecule has 0 spiro atoms. The molecule has 0 aromatic carbocycles. The number of nitrogens with one attached hydrogen (secondary N) is 1. The summed E-state index contributed by atoms with van der Waals surface area (Å²) in [5.74, 6) is 0. The largest absolute Gasteiger partial charge is 0.397 e. The van der Waals surface area contributed by atoms with E-state index in [-0.39, 0.29) is 6.61 Å². The van der Waals surface area contributed by atoms with Gasteiger partial charge in [0.15, 0.2) is 0 Å². The summed E-state index contributed by atoms with van der Waals surface area (Å²) in [6.07, 6.45) is 0.425. The molecule has 1 atom stereocenters. The van der Waals surface area contributed by atoms with Crippen LogP contribution in [0.2, 0.25) is 0 Å². The molecule has 1 saturated heterocycles. The van der Waals surface area contributed by atoms with E-state index in [1.807, 2.05) is 0 Å². The van der Waals surface area contributed by atoms with E-state index in [0.29, 0.717) is 6.10 Å². The van der Waals surface area contributed by atoms with Crippen molar-refractivity contribution in [2.24, 2.45) is 0 Å². The quantitative estimate of drug-likeness (QED) is 0.695. The van der Waals surface area contributed by atoms with Crippen LogP contribution >= 0.6 is 0 Å². The van der Waals surface area contributed by atoms with Crippen molar-refractivity contribution in [3.8, 4) is 6.07 Å². The number of hydrogen-bond acceptors (Lipinski definition) is 6. The van der Waals surface area contributed by atoms with Crippen LogP contribution in [-0.4, -0.2) is 45.4 Å². The number of ether oxygens (including phenoxy) is 1. The number of morpholine rings is 1. The second-order valence-electron chi connectivity index (χ2n) is 2.94. The lowest BCUT2D eigenvalue weighted by atomic mass is 10.3. The predicted octanol–water partition coefficient (Wildman–Crippen LogP) is 0.350. The molecule has 8 heteroatoms. The van der Waals surface area contributed by atoms with Gasteiger partial charge in [-0.2, -0.15) is 13.7 Å². The van der Waals surface area contributed by atoms with E-state index in [9.17, 15) is 8.42 Å². The van der Waals surface area contributed by atoms with Gasteiger partial charge in [-0.25, -0.2) is 4.18 Å². The summed E-state index contributed by atoms with van der Waals surface area (Å²) in [7, 11) is -4.17. The molecule has 1 fully saturated rings. The maximum absolute atomic E-state index is 9.56. The van der Waals surface area contributed by atoms with Crippen LogP contribution in [-0.2, 0) is 19.3 Å². The number of hydrogen-bond donors (Lipinski definition) is 2. The summed E-state index contributed by atoms with van der Waals surface area (Å²) in [6.45, 7) is 7.85. The van der Waals surface area contributed by atoms with Gasteiger partial charge < -0.3 is 10.1 Å². The smallest absolute Gasteiger partial charge is 0.376 e. The zero-order valence-electron chi connectivity index (χ0n) is 10.3. The minimum atomic E-state index is -4.17.